The van der Waals surface area contributed by atoms with E-state index in [0.717, 1.165) is 6.04 Å². The van der Waals surface area contributed by atoms with Gasteiger partial charge in [-0.3, -0.25) is 0 Å². The molecule has 0 fully saturated rings. The third-order valence-corrected chi connectivity index (χ3v) is 4.34. The normalized spacial score (nSPS) is 10.4. The highest BCUT2D eigenvalue weighted by molar-refractivity contribution is 6.56. The quantitative estimate of drug-likeness (QED) is 0.441. The summed E-state index contributed by atoms with van der Waals surface area (Å²) in [5.74, 6) is -0.260. The second-order valence-corrected chi connectivity index (χ2v) is 6.83. The summed E-state index contributed by atoms with van der Waals surface area (Å²) in [4.78, 5) is 11.5. The third kappa shape index (κ3) is 5.25. The number of esters is 1. The first-order chi connectivity index (χ1) is 7.70. The fourth-order valence-corrected chi connectivity index (χ4v) is 2.79. The van der Waals surface area contributed by atoms with Crippen LogP contribution in [-0.2, 0) is 8.85 Å². The molecule has 0 unspecified atom stereocenters. The molecule has 0 saturated carbocycles. The maximum atomic E-state index is 11.5. The number of carbonyl (C=O) groups excluding carboxylic acids is 1. The molecule has 1 rings (SSSR count). The second-order valence-electron chi connectivity index (χ2n) is 3.41. The number of rotatable bonds is 6. The van der Waals surface area contributed by atoms with Crippen LogP contribution in [0.5, 0.6) is 0 Å². The number of carbonyl (C=O) groups is 1. The Morgan fingerprint density at radius 3 is 2.62 bits per heavy atom. The van der Waals surface area contributed by atoms with Gasteiger partial charge in [-0.2, -0.15) is 0 Å². The Bertz CT molecular complexity index is 314. The molecule has 0 aliphatic rings. The molecule has 0 spiro atoms. The van der Waals surface area contributed by atoms with Crippen molar-refractivity contribution in [2.75, 3.05) is 6.61 Å². The Balaban J connectivity index is 2.16. The lowest BCUT2D eigenvalue weighted by Gasteiger charge is -2.05. The van der Waals surface area contributed by atoms with Crippen molar-refractivity contribution >= 4 is 24.8 Å². The van der Waals surface area contributed by atoms with E-state index in [9.17, 15) is 4.79 Å². The van der Waals surface area contributed by atoms with Gasteiger partial charge in [0.1, 0.15) is 0 Å². The van der Waals surface area contributed by atoms with E-state index in [2.05, 4.69) is 13.1 Å². The molecule has 5 heteroatoms. The average Bonchev–Trinajstić information content (AvgIpc) is 2.29. The summed E-state index contributed by atoms with van der Waals surface area (Å²) in [5, 5.41) is 0. The maximum absolute atomic E-state index is 11.5. The Hall–Kier alpha value is -0.916. The molecule has 3 radical (unpaired) electrons. The number of hydrogen-bond donors (Lipinski definition) is 0. The van der Waals surface area contributed by atoms with E-state index in [1.54, 1.807) is 12.1 Å². The van der Waals surface area contributed by atoms with E-state index in [1.165, 1.54) is 0 Å². The lowest BCUT2D eigenvalue weighted by atomic mass is 10.2. The van der Waals surface area contributed by atoms with Crippen LogP contribution in [0.15, 0.2) is 30.3 Å². The minimum atomic E-state index is -0.615. The molecular formula is C11H15O3Si2. The lowest BCUT2D eigenvalue weighted by Crippen LogP contribution is -2.14. The van der Waals surface area contributed by atoms with E-state index in [-0.39, 0.29) is 5.97 Å². The predicted octanol–water partition coefficient (Wildman–Crippen LogP) is 2.15. The van der Waals surface area contributed by atoms with Crippen LogP contribution in [0.4, 0.5) is 0 Å². The number of benzene rings is 1. The van der Waals surface area contributed by atoms with Crippen LogP contribution in [-0.4, -0.2) is 31.4 Å². The molecule has 85 valence electrons. The Morgan fingerprint density at radius 2 is 2.00 bits per heavy atom. The van der Waals surface area contributed by atoms with Crippen LogP contribution in [0.1, 0.15) is 10.4 Å². The van der Waals surface area contributed by atoms with Crippen molar-refractivity contribution in [3.63, 3.8) is 0 Å². The van der Waals surface area contributed by atoms with Crippen LogP contribution < -0.4 is 0 Å². The zero-order chi connectivity index (χ0) is 11.8. The highest BCUT2D eigenvalue weighted by atomic mass is 28.3. The van der Waals surface area contributed by atoms with Gasteiger partial charge in [-0.1, -0.05) is 18.2 Å². The Labute approximate surface area is 100 Å². The topological polar surface area (TPSA) is 35.5 Å². The van der Waals surface area contributed by atoms with Crippen LogP contribution in [0.25, 0.3) is 0 Å². The molecule has 16 heavy (non-hydrogen) atoms. The molecule has 0 aliphatic heterocycles. The first-order valence-electron chi connectivity index (χ1n) is 5.12. The molecule has 1 aromatic carbocycles. The van der Waals surface area contributed by atoms with Crippen molar-refractivity contribution in [2.24, 2.45) is 0 Å². The van der Waals surface area contributed by atoms with Crippen molar-refractivity contribution in [3.05, 3.63) is 35.9 Å². The monoisotopic (exact) mass is 251 g/mol. The molecule has 0 N–H and O–H groups in total. The standard InChI is InChI=1S/C11H15O3Si2/c1-16(2)14-15-9-8-13-11(12)10-6-4-3-5-7-10/h3-7H,8-9H2,1-2H3. The fourth-order valence-electron chi connectivity index (χ4n) is 1.04. The molecule has 0 aliphatic carbocycles. The minimum Gasteiger partial charge on any atom is -0.462 e. The van der Waals surface area contributed by atoms with E-state index >= 15 is 0 Å². The first-order valence-corrected chi connectivity index (χ1v) is 8.64. The zero-order valence-electron chi connectivity index (χ0n) is 9.53. The largest absolute Gasteiger partial charge is 0.462 e. The van der Waals surface area contributed by atoms with Crippen molar-refractivity contribution in [3.8, 4) is 0 Å². The summed E-state index contributed by atoms with van der Waals surface area (Å²) in [6, 6.07) is 9.81. The Kier molecular flexibility index (Phi) is 6.06. The van der Waals surface area contributed by atoms with Crippen LogP contribution in [0.3, 0.4) is 0 Å². The van der Waals surface area contributed by atoms with Crippen LogP contribution in [0, 0.1) is 0 Å². The van der Waals surface area contributed by atoms with Gasteiger partial charge in [0, 0.05) is 0 Å². The van der Waals surface area contributed by atoms with Crippen molar-refractivity contribution in [2.45, 2.75) is 19.1 Å². The minimum absolute atomic E-state index is 0.260. The van der Waals surface area contributed by atoms with Gasteiger partial charge in [-0.05, 0) is 31.3 Å². The molecule has 0 saturated heterocycles. The van der Waals surface area contributed by atoms with Crippen LogP contribution >= 0.6 is 0 Å². The highest BCUT2D eigenvalue weighted by Crippen LogP contribution is 2.01. The van der Waals surface area contributed by atoms with Gasteiger partial charge in [0.25, 0.3) is 0 Å². The van der Waals surface area contributed by atoms with E-state index < -0.39 is 9.04 Å². The Morgan fingerprint density at radius 1 is 1.31 bits per heavy atom. The lowest BCUT2D eigenvalue weighted by molar-refractivity contribution is 0.0525. The summed E-state index contributed by atoms with van der Waals surface area (Å²) >= 11 is 0. The van der Waals surface area contributed by atoms with Gasteiger partial charge in [-0.15, -0.1) is 0 Å². The molecule has 0 heterocycles. The molecule has 0 amide bonds. The average molecular weight is 251 g/mol. The van der Waals surface area contributed by atoms with Gasteiger partial charge < -0.3 is 8.85 Å². The van der Waals surface area contributed by atoms with Crippen molar-refractivity contribution < 1.29 is 13.6 Å². The summed E-state index contributed by atoms with van der Waals surface area (Å²) in [5.41, 5.74) is 0.600. The SMILES string of the molecule is C[Si](C)O[Si]CCOC(=O)c1ccccc1. The number of hydrogen-bond acceptors (Lipinski definition) is 3. The summed E-state index contributed by atoms with van der Waals surface area (Å²) < 4.78 is 10.6. The fraction of sp³-hybridized carbons (Fsp3) is 0.364. The van der Waals surface area contributed by atoms with Gasteiger partial charge in [-0.25, -0.2) is 4.79 Å². The summed E-state index contributed by atoms with van der Waals surface area (Å²) in [6.07, 6.45) is 0. The molecule has 0 atom stereocenters. The van der Waals surface area contributed by atoms with Gasteiger partial charge in [0.15, 0.2) is 9.04 Å². The van der Waals surface area contributed by atoms with Crippen molar-refractivity contribution in [1.29, 1.82) is 0 Å². The zero-order valence-corrected chi connectivity index (χ0v) is 11.5. The smallest absolute Gasteiger partial charge is 0.338 e. The summed E-state index contributed by atoms with van der Waals surface area (Å²) in [7, 11) is -0.177. The van der Waals surface area contributed by atoms with Crippen molar-refractivity contribution in [1.82, 2.24) is 0 Å². The number of ether oxygens (including phenoxy) is 1. The third-order valence-electron chi connectivity index (χ3n) is 1.72. The molecule has 3 nitrogen and oxygen atoms in total. The maximum Gasteiger partial charge on any atom is 0.338 e. The summed E-state index contributed by atoms with van der Waals surface area (Å²) in [6.45, 7) is 4.61. The van der Waals surface area contributed by atoms with Crippen LogP contribution in [0.2, 0.25) is 19.1 Å². The van der Waals surface area contributed by atoms with Gasteiger partial charge in [0.2, 0.25) is 9.76 Å². The molecule has 1 aromatic rings. The molecule has 0 aromatic heterocycles. The second kappa shape index (κ2) is 7.37. The van der Waals surface area contributed by atoms with E-state index in [4.69, 9.17) is 8.85 Å². The van der Waals surface area contributed by atoms with Gasteiger partial charge in [0.05, 0.1) is 12.2 Å². The van der Waals surface area contributed by atoms with Gasteiger partial charge >= 0.3 is 5.97 Å². The molecule has 0 bridgehead atoms. The predicted molar refractivity (Wildman–Crippen MR) is 65.9 cm³/mol. The first kappa shape index (κ1) is 13.2. The highest BCUT2D eigenvalue weighted by Gasteiger charge is 2.05. The van der Waals surface area contributed by atoms with E-state index in [1.807, 2.05) is 18.2 Å². The van der Waals surface area contributed by atoms with E-state index in [0.29, 0.717) is 21.9 Å². The molecular weight excluding hydrogens is 236 g/mol.